The zero-order valence-electron chi connectivity index (χ0n) is 16.5. The molecule has 0 fully saturated rings. The molecule has 0 saturated heterocycles. The summed E-state index contributed by atoms with van der Waals surface area (Å²) >= 11 is 0. The Morgan fingerprint density at radius 3 is 2.50 bits per heavy atom. The molecule has 32 heavy (non-hydrogen) atoms. The molecular weight excluding hydrogens is 417 g/mol. The maximum Gasteiger partial charge on any atom is 0.416 e. The topological polar surface area (TPSA) is 70.2 Å². The molecule has 4 rings (SSSR count). The molecule has 5 nitrogen and oxygen atoms in total. The lowest BCUT2D eigenvalue weighted by Crippen LogP contribution is -2.14. The van der Waals surface area contributed by atoms with Crippen LogP contribution in [0.3, 0.4) is 0 Å². The zero-order valence-corrected chi connectivity index (χ0v) is 16.5. The number of aromatic nitrogens is 2. The molecule has 2 aromatic heterocycles. The van der Waals surface area contributed by atoms with Gasteiger partial charge >= 0.3 is 6.18 Å². The Balaban J connectivity index is 1.74. The van der Waals surface area contributed by atoms with E-state index in [1.807, 2.05) is 42.5 Å². The number of nitrogens with zero attached hydrogens (tertiary/aromatic N) is 3. The second kappa shape index (κ2) is 8.40. The van der Waals surface area contributed by atoms with Crippen molar-refractivity contribution < 1.29 is 18.0 Å². The van der Waals surface area contributed by atoms with Crippen molar-refractivity contribution >= 4 is 23.3 Å². The number of halogens is 3. The standard InChI is InChI=1S/C24H15F3N4O/c25-24(26,27)18-9-6-10-19(14-18)29-23(32)17(15-28)13-20-22(16-7-2-1-3-8-16)30-21-11-4-5-12-31(20)21/h1-14H,(H,29,32). The fourth-order valence-electron chi connectivity index (χ4n) is 3.22. The van der Waals surface area contributed by atoms with E-state index in [1.165, 1.54) is 18.2 Å². The van der Waals surface area contributed by atoms with Crippen molar-refractivity contribution in [2.45, 2.75) is 6.18 Å². The maximum atomic E-state index is 12.9. The Kier molecular flexibility index (Phi) is 5.48. The molecule has 0 aliphatic rings. The summed E-state index contributed by atoms with van der Waals surface area (Å²) in [5.74, 6) is -0.822. The van der Waals surface area contributed by atoms with E-state index in [-0.39, 0.29) is 11.3 Å². The molecule has 4 aromatic rings. The number of hydrogen-bond acceptors (Lipinski definition) is 3. The van der Waals surface area contributed by atoms with E-state index in [9.17, 15) is 23.2 Å². The van der Waals surface area contributed by atoms with Gasteiger partial charge in [0.2, 0.25) is 0 Å². The van der Waals surface area contributed by atoms with E-state index in [4.69, 9.17) is 0 Å². The fraction of sp³-hybridized carbons (Fsp3) is 0.0417. The van der Waals surface area contributed by atoms with E-state index in [0.717, 1.165) is 17.7 Å². The molecule has 0 spiro atoms. The number of amides is 1. The Bertz CT molecular complexity index is 1370. The molecule has 0 aliphatic carbocycles. The van der Waals surface area contributed by atoms with Crippen LogP contribution in [0.4, 0.5) is 18.9 Å². The normalized spacial score (nSPS) is 11.9. The Labute approximate surface area is 181 Å². The highest BCUT2D eigenvalue weighted by molar-refractivity contribution is 6.10. The van der Waals surface area contributed by atoms with Crippen LogP contribution in [0.15, 0.2) is 84.6 Å². The first kappa shape index (κ1) is 20.9. The van der Waals surface area contributed by atoms with Gasteiger partial charge < -0.3 is 5.32 Å². The van der Waals surface area contributed by atoms with E-state index >= 15 is 0 Å². The first-order chi connectivity index (χ1) is 15.4. The van der Waals surface area contributed by atoms with Crippen molar-refractivity contribution in [1.29, 1.82) is 5.26 Å². The molecule has 8 heteroatoms. The minimum Gasteiger partial charge on any atom is -0.321 e. The Morgan fingerprint density at radius 1 is 1.03 bits per heavy atom. The molecule has 2 aromatic carbocycles. The number of rotatable bonds is 4. The molecule has 2 heterocycles. The highest BCUT2D eigenvalue weighted by Crippen LogP contribution is 2.31. The molecule has 158 valence electrons. The van der Waals surface area contributed by atoms with Gasteiger partial charge in [0.1, 0.15) is 17.3 Å². The first-order valence-electron chi connectivity index (χ1n) is 9.50. The highest BCUT2D eigenvalue weighted by atomic mass is 19.4. The third-order valence-corrected chi connectivity index (χ3v) is 4.71. The number of anilines is 1. The molecule has 1 amide bonds. The van der Waals surface area contributed by atoms with Gasteiger partial charge in [-0.25, -0.2) is 4.98 Å². The maximum absolute atomic E-state index is 12.9. The second-order valence-electron chi connectivity index (χ2n) is 6.84. The van der Waals surface area contributed by atoms with Crippen LogP contribution < -0.4 is 5.32 Å². The van der Waals surface area contributed by atoms with Gasteiger partial charge in [0.05, 0.1) is 17.0 Å². The van der Waals surface area contributed by atoms with Crippen molar-refractivity contribution in [1.82, 2.24) is 9.38 Å². The van der Waals surface area contributed by atoms with Crippen molar-refractivity contribution in [3.63, 3.8) is 0 Å². The third kappa shape index (κ3) is 4.23. The third-order valence-electron chi connectivity index (χ3n) is 4.71. The average Bonchev–Trinajstić information content (AvgIpc) is 3.16. The van der Waals surface area contributed by atoms with E-state index in [2.05, 4.69) is 10.3 Å². The predicted molar refractivity (Wildman–Crippen MR) is 114 cm³/mol. The van der Waals surface area contributed by atoms with Crippen molar-refractivity contribution in [3.8, 4) is 17.3 Å². The summed E-state index contributed by atoms with van der Waals surface area (Å²) < 4.78 is 40.6. The first-order valence-corrected chi connectivity index (χ1v) is 9.50. The van der Waals surface area contributed by atoms with E-state index in [1.54, 1.807) is 22.7 Å². The van der Waals surface area contributed by atoms with Gasteiger partial charge in [-0.3, -0.25) is 9.20 Å². The number of fused-ring (bicyclic) bond motifs is 1. The lowest BCUT2D eigenvalue weighted by Gasteiger charge is -2.09. The van der Waals surface area contributed by atoms with Gasteiger partial charge in [-0.1, -0.05) is 42.5 Å². The molecule has 0 atom stereocenters. The lowest BCUT2D eigenvalue weighted by molar-refractivity contribution is -0.137. The number of imidazole rings is 1. The smallest absolute Gasteiger partial charge is 0.321 e. The highest BCUT2D eigenvalue weighted by Gasteiger charge is 2.30. The van der Waals surface area contributed by atoms with Crippen LogP contribution in [-0.2, 0) is 11.0 Å². The van der Waals surface area contributed by atoms with Crippen LogP contribution in [0.1, 0.15) is 11.3 Å². The number of hydrogen-bond donors (Lipinski definition) is 1. The van der Waals surface area contributed by atoms with Crippen LogP contribution in [-0.4, -0.2) is 15.3 Å². The molecule has 0 aliphatic heterocycles. The van der Waals surface area contributed by atoms with Crippen LogP contribution in [0.25, 0.3) is 23.0 Å². The monoisotopic (exact) mass is 432 g/mol. The molecule has 0 bridgehead atoms. The number of nitrogens with one attached hydrogen (secondary N) is 1. The van der Waals surface area contributed by atoms with Gasteiger partial charge in [0.15, 0.2) is 0 Å². The van der Waals surface area contributed by atoms with Gasteiger partial charge in [0.25, 0.3) is 5.91 Å². The quantitative estimate of drug-likeness (QED) is 0.339. The van der Waals surface area contributed by atoms with E-state index in [0.29, 0.717) is 17.0 Å². The van der Waals surface area contributed by atoms with Crippen molar-refractivity contribution in [2.75, 3.05) is 5.32 Å². The number of alkyl halides is 3. The second-order valence-corrected chi connectivity index (χ2v) is 6.84. The van der Waals surface area contributed by atoms with E-state index < -0.39 is 17.6 Å². The molecule has 0 unspecified atom stereocenters. The van der Waals surface area contributed by atoms with Crippen LogP contribution in [0.2, 0.25) is 0 Å². The summed E-state index contributed by atoms with van der Waals surface area (Å²) in [7, 11) is 0. The SMILES string of the molecule is N#CC(=Cc1c(-c2ccccc2)nc2ccccn12)C(=O)Nc1cccc(C(F)(F)F)c1. The number of carbonyl (C=O) groups excluding carboxylic acids is 1. The Morgan fingerprint density at radius 2 is 1.78 bits per heavy atom. The summed E-state index contributed by atoms with van der Waals surface area (Å²) in [6.45, 7) is 0. The van der Waals surface area contributed by atoms with Crippen LogP contribution in [0, 0.1) is 11.3 Å². The number of carbonyl (C=O) groups is 1. The largest absolute Gasteiger partial charge is 0.416 e. The summed E-state index contributed by atoms with van der Waals surface area (Å²) in [4.78, 5) is 17.3. The van der Waals surface area contributed by atoms with Crippen molar-refractivity contribution in [2.24, 2.45) is 0 Å². The van der Waals surface area contributed by atoms with Gasteiger partial charge in [0, 0.05) is 17.4 Å². The average molecular weight is 432 g/mol. The number of benzene rings is 2. The van der Waals surface area contributed by atoms with Crippen LogP contribution >= 0.6 is 0 Å². The van der Waals surface area contributed by atoms with Gasteiger partial charge in [-0.2, -0.15) is 18.4 Å². The lowest BCUT2D eigenvalue weighted by atomic mass is 10.1. The summed E-state index contributed by atoms with van der Waals surface area (Å²) in [5, 5.41) is 12.0. The number of pyridine rings is 1. The number of nitriles is 1. The van der Waals surface area contributed by atoms with Crippen LogP contribution in [0.5, 0.6) is 0 Å². The summed E-state index contributed by atoms with van der Waals surface area (Å²) in [6, 6.07) is 20.7. The van der Waals surface area contributed by atoms with Gasteiger partial charge in [-0.05, 0) is 36.4 Å². The van der Waals surface area contributed by atoms with Gasteiger partial charge in [-0.15, -0.1) is 0 Å². The minimum absolute atomic E-state index is 0.0626. The predicted octanol–water partition coefficient (Wildman–Crippen LogP) is 5.57. The zero-order chi connectivity index (χ0) is 22.7. The molecule has 0 saturated carbocycles. The summed E-state index contributed by atoms with van der Waals surface area (Å²) in [5.41, 5.74) is 1.24. The Hall–Kier alpha value is -4.38. The van der Waals surface area contributed by atoms with Crippen molar-refractivity contribution in [3.05, 3.63) is 95.8 Å². The fourth-order valence-corrected chi connectivity index (χ4v) is 3.22. The summed E-state index contributed by atoms with van der Waals surface area (Å²) in [6.07, 6.45) is -1.42. The molecule has 1 N–H and O–H groups in total. The molecular formula is C24H15F3N4O. The minimum atomic E-state index is -4.55. The molecule has 0 radical (unpaired) electrons.